The van der Waals surface area contributed by atoms with Gasteiger partial charge in [0.05, 0.1) is 0 Å². The van der Waals surface area contributed by atoms with Crippen molar-refractivity contribution in [3.05, 3.63) is 0 Å². The van der Waals surface area contributed by atoms with E-state index < -0.39 is 0 Å². The summed E-state index contributed by atoms with van der Waals surface area (Å²) in [5.41, 5.74) is 0. The van der Waals surface area contributed by atoms with Crippen molar-refractivity contribution in [3.63, 3.8) is 0 Å². The van der Waals surface area contributed by atoms with E-state index in [4.69, 9.17) is 11.6 Å². The van der Waals surface area contributed by atoms with E-state index in [1.54, 1.807) is 0 Å². The summed E-state index contributed by atoms with van der Waals surface area (Å²) in [5, 5.41) is -0.330. The second kappa shape index (κ2) is 6.30. The molecule has 0 aromatic carbocycles. The maximum Gasteiger partial charge on any atom is 0.240 e. The molecule has 0 radical (unpaired) electrons. The molecule has 2 rings (SSSR count). The van der Waals surface area contributed by atoms with E-state index in [2.05, 4.69) is 4.90 Å². The Bertz CT molecular complexity index is 263. The topological polar surface area (TPSA) is 23.6 Å². The Labute approximate surface area is 113 Å². The fourth-order valence-electron chi connectivity index (χ4n) is 2.49. The van der Waals surface area contributed by atoms with Gasteiger partial charge in [-0.2, -0.15) is 11.8 Å². The number of halogens is 1. The molecule has 1 amide bonds. The van der Waals surface area contributed by atoms with Crippen LogP contribution >= 0.6 is 23.4 Å². The molecule has 0 aliphatic carbocycles. The summed E-state index contributed by atoms with van der Waals surface area (Å²) in [7, 11) is 0. The number of carbonyl (C=O) groups is 1. The Kier molecular flexibility index (Phi) is 5.00. The lowest BCUT2D eigenvalue weighted by Gasteiger charge is -2.38. The standard InChI is InChI=1S/C12H21ClN2OS/c1-2-11(13)12(16)15-6-4-14(5-7-15)10-3-8-17-9-10/h10-11H,2-9H2,1H3/t10-,11+/m1/s1. The van der Waals surface area contributed by atoms with Crippen LogP contribution < -0.4 is 0 Å². The Morgan fingerprint density at radius 1 is 1.41 bits per heavy atom. The van der Waals surface area contributed by atoms with Crippen molar-refractivity contribution in [3.8, 4) is 0 Å². The number of hydrogen-bond acceptors (Lipinski definition) is 3. The Morgan fingerprint density at radius 2 is 2.12 bits per heavy atom. The van der Waals surface area contributed by atoms with Gasteiger partial charge in [-0.3, -0.25) is 9.69 Å². The maximum absolute atomic E-state index is 11.9. The van der Waals surface area contributed by atoms with E-state index in [9.17, 15) is 4.79 Å². The third kappa shape index (κ3) is 3.30. The number of rotatable bonds is 3. The van der Waals surface area contributed by atoms with Gasteiger partial charge in [0.1, 0.15) is 5.38 Å². The number of carbonyl (C=O) groups excluding carboxylic acids is 1. The first-order valence-corrected chi connectivity index (χ1v) is 8.06. The minimum absolute atomic E-state index is 0.120. The lowest BCUT2D eigenvalue weighted by Crippen LogP contribution is -2.53. The molecule has 0 spiro atoms. The van der Waals surface area contributed by atoms with Crippen LogP contribution in [-0.4, -0.2) is 64.8 Å². The summed E-state index contributed by atoms with van der Waals surface area (Å²) >= 11 is 8.05. The van der Waals surface area contributed by atoms with Crippen LogP contribution in [0.1, 0.15) is 19.8 Å². The fourth-order valence-corrected chi connectivity index (χ4v) is 3.88. The van der Waals surface area contributed by atoms with E-state index in [-0.39, 0.29) is 11.3 Å². The second-order valence-corrected chi connectivity index (χ2v) is 6.43. The lowest BCUT2D eigenvalue weighted by atomic mass is 10.2. The summed E-state index contributed by atoms with van der Waals surface area (Å²) in [6.07, 6.45) is 2.03. The highest BCUT2D eigenvalue weighted by atomic mass is 35.5. The van der Waals surface area contributed by atoms with Crippen LogP contribution in [-0.2, 0) is 4.79 Å². The van der Waals surface area contributed by atoms with Gasteiger partial charge in [0.25, 0.3) is 0 Å². The first kappa shape index (κ1) is 13.5. The predicted molar refractivity (Wildman–Crippen MR) is 73.8 cm³/mol. The van der Waals surface area contributed by atoms with Crippen molar-refractivity contribution < 1.29 is 4.79 Å². The quantitative estimate of drug-likeness (QED) is 0.733. The molecule has 0 aromatic rings. The fraction of sp³-hybridized carbons (Fsp3) is 0.917. The molecule has 2 fully saturated rings. The molecule has 2 atom stereocenters. The Morgan fingerprint density at radius 3 is 2.65 bits per heavy atom. The minimum Gasteiger partial charge on any atom is -0.339 e. The molecule has 0 unspecified atom stereocenters. The van der Waals surface area contributed by atoms with Crippen LogP contribution in [0.5, 0.6) is 0 Å². The molecule has 5 heteroatoms. The van der Waals surface area contributed by atoms with Crippen LogP contribution in [0.25, 0.3) is 0 Å². The highest BCUT2D eigenvalue weighted by molar-refractivity contribution is 7.99. The molecule has 2 saturated heterocycles. The molecule has 0 N–H and O–H groups in total. The molecule has 3 nitrogen and oxygen atoms in total. The van der Waals surface area contributed by atoms with Crippen LogP contribution in [0.2, 0.25) is 0 Å². The van der Waals surface area contributed by atoms with Gasteiger partial charge in [-0.1, -0.05) is 6.92 Å². The smallest absolute Gasteiger partial charge is 0.240 e. The van der Waals surface area contributed by atoms with E-state index in [1.807, 2.05) is 23.6 Å². The lowest BCUT2D eigenvalue weighted by molar-refractivity contribution is -0.132. The van der Waals surface area contributed by atoms with Crippen LogP contribution in [0.15, 0.2) is 0 Å². The van der Waals surface area contributed by atoms with Crippen molar-refractivity contribution in [2.45, 2.75) is 31.2 Å². The Hall–Kier alpha value is 0.0700. The summed E-state index contributed by atoms with van der Waals surface area (Å²) < 4.78 is 0. The van der Waals surface area contributed by atoms with Gasteiger partial charge in [-0.25, -0.2) is 0 Å². The largest absolute Gasteiger partial charge is 0.339 e. The molecule has 2 aliphatic rings. The number of hydrogen-bond donors (Lipinski definition) is 0. The molecule has 2 heterocycles. The molecule has 0 aromatic heterocycles. The number of piperazine rings is 1. The van der Waals surface area contributed by atoms with Gasteiger partial charge < -0.3 is 4.90 Å². The number of alkyl halides is 1. The molecule has 17 heavy (non-hydrogen) atoms. The molecular formula is C12H21ClN2OS. The monoisotopic (exact) mass is 276 g/mol. The second-order valence-electron chi connectivity index (χ2n) is 4.75. The van der Waals surface area contributed by atoms with Crippen LogP contribution in [0, 0.1) is 0 Å². The van der Waals surface area contributed by atoms with Crippen LogP contribution in [0.4, 0.5) is 0 Å². The maximum atomic E-state index is 11.9. The third-order valence-electron chi connectivity index (χ3n) is 3.67. The predicted octanol–water partition coefficient (Wildman–Crippen LogP) is 1.65. The van der Waals surface area contributed by atoms with Crippen molar-refractivity contribution in [1.82, 2.24) is 9.80 Å². The Balaban J connectivity index is 1.79. The molecule has 2 aliphatic heterocycles. The zero-order valence-electron chi connectivity index (χ0n) is 10.4. The van der Waals surface area contributed by atoms with E-state index >= 15 is 0 Å². The zero-order valence-corrected chi connectivity index (χ0v) is 12.0. The summed E-state index contributed by atoms with van der Waals surface area (Å²) in [5.74, 6) is 2.68. The van der Waals surface area contributed by atoms with E-state index in [0.717, 1.165) is 38.6 Å². The summed E-state index contributed by atoms with van der Waals surface area (Å²) in [6, 6.07) is 0.746. The number of nitrogens with zero attached hydrogens (tertiary/aromatic N) is 2. The molecular weight excluding hydrogens is 256 g/mol. The zero-order chi connectivity index (χ0) is 12.3. The van der Waals surface area contributed by atoms with Crippen molar-refractivity contribution in [2.24, 2.45) is 0 Å². The van der Waals surface area contributed by atoms with Gasteiger partial charge in [0, 0.05) is 38.0 Å². The first-order valence-electron chi connectivity index (χ1n) is 6.47. The van der Waals surface area contributed by atoms with Gasteiger partial charge in [-0.05, 0) is 18.6 Å². The molecule has 0 saturated carbocycles. The average molecular weight is 277 g/mol. The highest BCUT2D eigenvalue weighted by Gasteiger charge is 2.29. The highest BCUT2D eigenvalue weighted by Crippen LogP contribution is 2.23. The van der Waals surface area contributed by atoms with Gasteiger partial charge in [0.15, 0.2) is 0 Å². The molecule has 0 bridgehead atoms. The minimum atomic E-state index is -0.330. The number of amides is 1. The number of thioether (sulfide) groups is 1. The third-order valence-corrected chi connectivity index (χ3v) is 5.31. The van der Waals surface area contributed by atoms with E-state index in [1.165, 1.54) is 17.9 Å². The summed E-state index contributed by atoms with van der Waals surface area (Å²) in [6.45, 7) is 5.70. The van der Waals surface area contributed by atoms with E-state index in [0.29, 0.717) is 0 Å². The SMILES string of the molecule is CC[C@H](Cl)C(=O)N1CCN([C@@H]2CCSC2)CC1. The van der Waals surface area contributed by atoms with Crippen LogP contribution in [0.3, 0.4) is 0 Å². The van der Waals surface area contributed by atoms with Crippen molar-refractivity contribution >= 4 is 29.3 Å². The van der Waals surface area contributed by atoms with Gasteiger partial charge in [-0.15, -0.1) is 11.6 Å². The molecule has 98 valence electrons. The summed E-state index contributed by atoms with van der Waals surface area (Å²) in [4.78, 5) is 16.4. The van der Waals surface area contributed by atoms with Gasteiger partial charge >= 0.3 is 0 Å². The van der Waals surface area contributed by atoms with Crippen molar-refractivity contribution in [1.29, 1.82) is 0 Å². The first-order chi connectivity index (χ1) is 8.22. The normalized spacial score (nSPS) is 28.4. The average Bonchev–Trinajstić information content (AvgIpc) is 2.91. The van der Waals surface area contributed by atoms with Crippen molar-refractivity contribution in [2.75, 3.05) is 37.7 Å². The van der Waals surface area contributed by atoms with Gasteiger partial charge in [0.2, 0.25) is 5.91 Å².